The van der Waals surface area contributed by atoms with Crippen LogP contribution in [0, 0.1) is 12.7 Å². The lowest BCUT2D eigenvalue weighted by atomic mass is 10.0. The van der Waals surface area contributed by atoms with Gasteiger partial charge in [-0.1, -0.05) is 35.9 Å². The molecule has 4 aromatic rings. The molecule has 0 atom stereocenters. The van der Waals surface area contributed by atoms with Gasteiger partial charge in [0.25, 0.3) is 0 Å². The van der Waals surface area contributed by atoms with E-state index in [9.17, 15) is 9.18 Å². The van der Waals surface area contributed by atoms with Crippen LogP contribution in [0.1, 0.15) is 16.9 Å². The average Bonchev–Trinajstić information content (AvgIpc) is 2.76. The minimum atomic E-state index is -0.260. The standard InChI is InChI=1S/C25H19ClFNO3/c1-15-23(17-4-6-18(26)7-5-17)24(29)20-10-11-22-21(25(20)31-15)13-28(14-30-22)12-16-2-8-19(27)9-3-16/h2-11H,12-14H2,1H3. The maximum Gasteiger partial charge on any atom is 0.200 e. The molecule has 4 nitrogen and oxygen atoms in total. The van der Waals surface area contributed by atoms with Crippen LogP contribution in [0.2, 0.25) is 5.02 Å². The zero-order valence-corrected chi connectivity index (χ0v) is 17.6. The number of ether oxygens (including phenoxy) is 1. The summed E-state index contributed by atoms with van der Waals surface area (Å²) in [5, 5.41) is 1.13. The van der Waals surface area contributed by atoms with E-state index < -0.39 is 0 Å². The molecule has 0 unspecified atom stereocenters. The number of aryl methyl sites for hydroxylation is 1. The molecule has 2 heterocycles. The topological polar surface area (TPSA) is 42.7 Å². The molecule has 0 spiro atoms. The van der Waals surface area contributed by atoms with Crippen LogP contribution in [0.4, 0.5) is 4.39 Å². The van der Waals surface area contributed by atoms with Gasteiger partial charge in [-0.3, -0.25) is 9.69 Å². The van der Waals surface area contributed by atoms with E-state index in [0.29, 0.717) is 52.9 Å². The van der Waals surface area contributed by atoms with E-state index in [2.05, 4.69) is 4.90 Å². The van der Waals surface area contributed by atoms with Gasteiger partial charge in [-0.15, -0.1) is 0 Å². The molecule has 0 radical (unpaired) electrons. The predicted molar refractivity (Wildman–Crippen MR) is 119 cm³/mol. The Morgan fingerprint density at radius 2 is 1.77 bits per heavy atom. The lowest BCUT2D eigenvalue weighted by Gasteiger charge is -2.29. The van der Waals surface area contributed by atoms with E-state index >= 15 is 0 Å². The van der Waals surface area contributed by atoms with Crippen molar-refractivity contribution in [3.05, 3.63) is 98.6 Å². The molecule has 5 rings (SSSR count). The first-order valence-electron chi connectivity index (χ1n) is 9.94. The van der Waals surface area contributed by atoms with Crippen molar-refractivity contribution in [2.24, 2.45) is 0 Å². The monoisotopic (exact) mass is 435 g/mol. The SMILES string of the molecule is Cc1oc2c3c(ccc2c(=O)c1-c1ccc(Cl)cc1)OCN(Cc1ccc(F)cc1)C3. The molecule has 0 saturated heterocycles. The normalized spacial score (nSPS) is 13.8. The van der Waals surface area contributed by atoms with E-state index in [1.165, 1.54) is 12.1 Å². The second-order valence-electron chi connectivity index (χ2n) is 7.68. The minimum absolute atomic E-state index is 0.0838. The molecule has 0 fully saturated rings. The largest absolute Gasteiger partial charge is 0.478 e. The zero-order chi connectivity index (χ0) is 21.5. The first-order valence-corrected chi connectivity index (χ1v) is 10.3. The number of benzene rings is 3. The Morgan fingerprint density at radius 1 is 1.03 bits per heavy atom. The molecule has 156 valence electrons. The summed E-state index contributed by atoms with van der Waals surface area (Å²) in [4.78, 5) is 15.4. The highest BCUT2D eigenvalue weighted by molar-refractivity contribution is 6.30. The van der Waals surface area contributed by atoms with E-state index in [4.69, 9.17) is 20.8 Å². The summed E-state index contributed by atoms with van der Waals surface area (Å²) in [6, 6.07) is 17.2. The molecule has 0 saturated carbocycles. The highest BCUT2D eigenvalue weighted by atomic mass is 35.5. The van der Waals surface area contributed by atoms with Crippen molar-refractivity contribution in [2.75, 3.05) is 6.73 Å². The summed E-state index contributed by atoms with van der Waals surface area (Å²) in [5.74, 6) is 0.997. The molecular formula is C25H19ClFNO3. The minimum Gasteiger partial charge on any atom is -0.478 e. The molecule has 0 amide bonds. The lowest BCUT2D eigenvalue weighted by molar-refractivity contribution is 0.0889. The van der Waals surface area contributed by atoms with Crippen LogP contribution in [0.25, 0.3) is 22.1 Å². The van der Waals surface area contributed by atoms with Crippen LogP contribution in [0.5, 0.6) is 5.75 Å². The van der Waals surface area contributed by atoms with Gasteiger partial charge in [0.15, 0.2) is 0 Å². The molecule has 3 aromatic carbocycles. The Balaban J connectivity index is 1.55. The third kappa shape index (κ3) is 3.71. The maximum atomic E-state index is 13.3. The van der Waals surface area contributed by atoms with Crippen molar-refractivity contribution in [1.82, 2.24) is 4.90 Å². The van der Waals surface area contributed by atoms with Gasteiger partial charge in [0.2, 0.25) is 5.43 Å². The van der Waals surface area contributed by atoms with Crippen molar-refractivity contribution in [1.29, 1.82) is 0 Å². The van der Waals surface area contributed by atoms with E-state index in [-0.39, 0.29) is 11.2 Å². The Bertz CT molecular complexity index is 1330. The van der Waals surface area contributed by atoms with Crippen LogP contribution < -0.4 is 10.2 Å². The summed E-state index contributed by atoms with van der Waals surface area (Å²) in [5.41, 5.74) is 3.58. The fourth-order valence-electron chi connectivity index (χ4n) is 4.02. The van der Waals surface area contributed by atoms with E-state index in [0.717, 1.165) is 16.7 Å². The fraction of sp³-hybridized carbons (Fsp3) is 0.160. The third-order valence-electron chi connectivity index (χ3n) is 5.53. The van der Waals surface area contributed by atoms with Crippen molar-refractivity contribution in [3.63, 3.8) is 0 Å². The fourth-order valence-corrected chi connectivity index (χ4v) is 4.15. The number of rotatable bonds is 3. The number of halogens is 2. The Kier molecular flexibility index (Phi) is 5.00. The first-order chi connectivity index (χ1) is 15.0. The first kappa shape index (κ1) is 19.8. The van der Waals surface area contributed by atoms with Gasteiger partial charge in [0.1, 0.15) is 29.6 Å². The number of hydrogen-bond acceptors (Lipinski definition) is 4. The summed E-state index contributed by atoms with van der Waals surface area (Å²) in [6.07, 6.45) is 0. The Labute approximate surface area is 183 Å². The summed E-state index contributed by atoms with van der Waals surface area (Å²) < 4.78 is 25.3. The maximum absolute atomic E-state index is 13.3. The molecule has 1 aliphatic heterocycles. The van der Waals surface area contributed by atoms with Crippen molar-refractivity contribution < 1.29 is 13.5 Å². The molecule has 1 aromatic heterocycles. The number of hydrogen-bond donors (Lipinski definition) is 0. The molecular weight excluding hydrogens is 417 g/mol. The van der Waals surface area contributed by atoms with Gasteiger partial charge in [-0.25, -0.2) is 4.39 Å². The quantitative estimate of drug-likeness (QED) is 0.401. The number of nitrogens with zero attached hydrogens (tertiary/aromatic N) is 1. The highest BCUT2D eigenvalue weighted by Crippen LogP contribution is 2.34. The highest BCUT2D eigenvalue weighted by Gasteiger charge is 2.24. The van der Waals surface area contributed by atoms with E-state index in [1.54, 1.807) is 37.3 Å². The van der Waals surface area contributed by atoms with Gasteiger partial charge in [0, 0.05) is 18.1 Å². The lowest BCUT2D eigenvalue weighted by Crippen LogP contribution is -2.31. The van der Waals surface area contributed by atoms with Gasteiger partial charge in [-0.05, 0) is 54.4 Å². The van der Waals surface area contributed by atoms with Crippen molar-refractivity contribution in [2.45, 2.75) is 20.0 Å². The molecule has 31 heavy (non-hydrogen) atoms. The molecule has 0 bridgehead atoms. The van der Waals surface area contributed by atoms with Gasteiger partial charge < -0.3 is 9.15 Å². The van der Waals surface area contributed by atoms with E-state index in [1.807, 2.05) is 18.2 Å². The second kappa shape index (κ2) is 7.84. The summed E-state index contributed by atoms with van der Waals surface area (Å²) in [7, 11) is 0. The third-order valence-corrected chi connectivity index (χ3v) is 5.79. The smallest absolute Gasteiger partial charge is 0.200 e. The molecule has 0 aliphatic carbocycles. The Hall–Kier alpha value is -3.15. The van der Waals surface area contributed by atoms with Crippen molar-refractivity contribution >= 4 is 22.6 Å². The summed E-state index contributed by atoms with van der Waals surface area (Å²) >= 11 is 5.99. The van der Waals surface area contributed by atoms with Crippen LogP contribution in [0.3, 0.4) is 0 Å². The average molecular weight is 436 g/mol. The van der Waals surface area contributed by atoms with Crippen LogP contribution in [0.15, 0.2) is 69.9 Å². The van der Waals surface area contributed by atoms with Crippen molar-refractivity contribution in [3.8, 4) is 16.9 Å². The second-order valence-corrected chi connectivity index (χ2v) is 8.11. The summed E-state index contributed by atoms with van der Waals surface area (Å²) in [6.45, 7) is 3.36. The molecule has 1 aliphatic rings. The molecule has 6 heteroatoms. The van der Waals surface area contributed by atoms with Gasteiger partial charge in [-0.2, -0.15) is 0 Å². The van der Waals surface area contributed by atoms with Crippen LogP contribution in [-0.4, -0.2) is 11.6 Å². The van der Waals surface area contributed by atoms with Gasteiger partial charge in [0.05, 0.1) is 16.5 Å². The number of fused-ring (bicyclic) bond motifs is 3. The van der Waals surface area contributed by atoms with Gasteiger partial charge >= 0.3 is 0 Å². The predicted octanol–water partition coefficient (Wildman–Crippen LogP) is 5.91. The molecule has 0 N–H and O–H groups in total. The Morgan fingerprint density at radius 3 is 2.52 bits per heavy atom. The zero-order valence-electron chi connectivity index (χ0n) is 16.8. The van der Waals surface area contributed by atoms with Crippen LogP contribution >= 0.6 is 11.6 Å². The van der Waals surface area contributed by atoms with Crippen LogP contribution in [-0.2, 0) is 13.1 Å².